The van der Waals surface area contributed by atoms with E-state index in [-0.39, 0.29) is 10.5 Å². The Morgan fingerprint density at radius 1 is 1.18 bits per heavy atom. The number of anilines is 4. The molecular weight excluding hydrogens is 504 g/mol. The van der Waals surface area contributed by atoms with Crippen LogP contribution >= 0.6 is 0 Å². The van der Waals surface area contributed by atoms with Crippen LogP contribution in [0.4, 0.5) is 23.0 Å². The molecule has 5 rings (SSSR count). The van der Waals surface area contributed by atoms with Crippen LogP contribution in [0.25, 0.3) is 11.3 Å². The van der Waals surface area contributed by atoms with Gasteiger partial charge in [-0.2, -0.15) is 5.26 Å². The maximum absolute atomic E-state index is 10.0. The summed E-state index contributed by atoms with van der Waals surface area (Å²) in [6.07, 6.45) is 2.70. The van der Waals surface area contributed by atoms with E-state index in [4.69, 9.17) is 14.1 Å². The zero-order chi connectivity index (χ0) is 28.0. The van der Waals surface area contributed by atoms with E-state index in [9.17, 15) is 5.26 Å². The van der Waals surface area contributed by atoms with E-state index < -0.39 is 8.32 Å². The Labute approximate surface area is 232 Å². The van der Waals surface area contributed by atoms with Crippen LogP contribution in [0.2, 0.25) is 18.1 Å². The van der Waals surface area contributed by atoms with Gasteiger partial charge in [0.05, 0.1) is 29.7 Å². The number of aromatic nitrogens is 2. The Morgan fingerprint density at radius 2 is 1.97 bits per heavy atom. The van der Waals surface area contributed by atoms with E-state index in [1.807, 2.05) is 18.2 Å². The van der Waals surface area contributed by atoms with Crippen LogP contribution in [0.15, 0.2) is 36.5 Å². The Bertz CT molecular complexity index is 1460. The van der Waals surface area contributed by atoms with Crippen LogP contribution in [0.5, 0.6) is 5.75 Å². The predicted molar refractivity (Wildman–Crippen MR) is 160 cm³/mol. The lowest BCUT2D eigenvalue weighted by Gasteiger charge is -2.39. The number of nitrogens with zero attached hydrogens (tertiary/aromatic N) is 3. The van der Waals surface area contributed by atoms with Crippen molar-refractivity contribution in [1.82, 2.24) is 9.97 Å². The second-order valence-corrected chi connectivity index (χ2v) is 17.1. The van der Waals surface area contributed by atoms with Crippen molar-refractivity contribution in [3.05, 3.63) is 53.2 Å². The molecule has 1 atom stereocenters. The van der Waals surface area contributed by atoms with Gasteiger partial charge in [-0.25, -0.2) is 9.97 Å². The first-order valence-corrected chi connectivity index (χ1v) is 16.4. The Hall–Kier alpha value is -3.61. The second-order valence-electron chi connectivity index (χ2n) is 12.3. The van der Waals surface area contributed by atoms with E-state index in [0.717, 1.165) is 59.1 Å². The lowest BCUT2D eigenvalue weighted by Crippen LogP contribution is -2.45. The SMILES string of the molecule is COc1cc2c(cc1Nc1nccc(-c3cc(C#N)c4c(c3)C(C)(CO[Si](C)(C)C(C)(C)C)CN4)n1)CCN2. The first-order chi connectivity index (χ1) is 18.4. The van der Waals surface area contributed by atoms with Crippen molar-refractivity contribution in [1.29, 1.82) is 5.26 Å². The summed E-state index contributed by atoms with van der Waals surface area (Å²) in [6.45, 7) is 15.8. The molecule has 3 heterocycles. The minimum absolute atomic E-state index is 0.125. The van der Waals surface area contributed by atoms with Gasteiger partial charge in [0.15, 0.2) is 8.32 Å². The molecule has 8 nitrogen and oxygen atoms in total. The summed E-state index contributed by atoms with van der Waals surface area (Å²) in [5, 5.41) is 20.4. The first-order valence-electron chi connectivity index (χ1n) is 13.5. The maximum atomic E-state index is 10.0. The molecule has 0 fully saturated rings. The highest BCUT2D eigenvalue weighted by Gasteiger charge is 2.42. The second kappa shape index (κ2) is 9.85. The number of methoxy groups -OCH3 is 1. The van der Waals surface area contributed by atoms with Gasteiger partial charge in [-0.3, -0.25) is 0 Å². The first kappa shape index (κ1) is 27.0. The molecule has 2 aliphatic heterocycles. The van der Waals surface area contributed by atoms with Gasteiger partial charge in [0.1, 0.15) is 11.8 Å². The van der Waals surface area contributed by atoms with Crippen molar-refractivity contribution in [3.63, 3.8) is 0 Å². The average Bonchev–Trinajstić information content (AvgIpc) is 3.50. The number of ether oxygens (including phenoxy) is 1. The van der Waals surface area contributed by atoms with Gasteiger partial charge >= 0.3 is 0 Å². The standard InChI is InChI=1S/C30H38N6O2Si/c1-29(2,3)39(6,7)38-18-30(4)17-34-27-21(16-31)12-20(13-22(27)30)23-9-11-33-28(35-23)36-25-14-19-8-10-32-24(19)15-26(25)37-5/h9,11-15,32,34H,8,10,17-18H2,1-7H3,(H,33,35,36). The van der Waals surface area contributed by atoms with Gasteiger partial charge in [0.2, 0.25) is 5.95 Å². The molecule has 0 aliphatic carbocycles. The predicted octanol–water partition coefficient (Wildman–Crippen LogP) is 6.44. The van der Waals surface area contributed by atoms with Crippen LogP contribution in [0, 0.1) is 11.3 Å². The molecule has 0 spiro atoms. The summed E-state index contributed by atoms with van der Waals surface area (Å²) in [6, 6.07) is 12.4. The molecule has 0 radical (unpaired) electrons. The van der Waals surface area contributed by atoms with Gasteiger partial charge in [-0.1, -0.05) is 27.7 Å². The quantitative estimate of drug-likeness (QED) is 0.293. The third kappa shape index (κ3) is 5.07. The maximum Gasteiger partial charge on any atom is 0.227 e. The van der Waals surface area contributed by atoms with Crippen molar-refractivity contribution in [2.75, 3.05) is 42.8 Å². The zero-order valence-electron chi connectivity index (χ0n) is 24.0. The summed E-state index contributed by atoms with van der Waals surface area (Å²) in [7, 11) is -0.275. The van der Waals surface area contributed by atoms with E-state index >= 15 is 0 Å². The highest BCUT2D eigenvalue weighted by Crippen LogP contribution is 2.44. The van der Waals surface area contributed by atoms with Crippen LogP contribution < -0.4 is 20.7 Å². The largest absolute Gasteiger partial charge is 0.494 e. The summed E-state index contributed by atoms with van der Waals surface area (Å²) >= 11 is 0. The molecule has 2 aromatic carbocycles. The van der Waals surface area contributed by atoms with Gasteiger partial charge in [-0.15, -0.1) is 0 Å². The molecule has 0 bridgehead atoms. The Morgan fingerprint density at radius 3 is 2.69 bits per heavy atom. The zero-order valence-corrected chi connectivity index (χ0v) is 25.0. The molecule has 3 N–H and O–H groups in total. The number of fused-ring (bicyclic) bond motifs is 2. The Balaban J connectivity index is 1.47. The molecule has 204 valence electrons. The normalized spacial score (nSPS) is 18.0. The van der Waals surface area contributed by atoms with Gasteiger partial charge in [0.25, 0.3) is 0 Å². The van der Waals surface area contributed by atoms with Crippen LogP contribution in [-0.2, 0) is 16.3 Å². The van der Waals surface area contributed by atoms with Gasteiger partial charge < -0.3 is 25.1 Å². The summed E-state index contributed by atoms with van der Waals surface area (Å²) in [4.78, 5) is 9.29. The summed E-state index contributed by atoms with van der Waals surface area (Å²) in [5.41, 5.74) is 7.12. The van der Waals surface area contributed by atoms with Crippen LogP contribution in [-0.4, -0.2) is 45.1 Å². The van der Waals surface area contributed by atoms with Crippen molar-refractivity contribution in [2.45, 2.75) is 57.7 Å². The molecule has 39 heavy (non-hydrogen) atoms. The molecule has 0 amide bonds. The van der Waals surface area contributed by atoms with E-state index in [1.54, 1.807) is 13.3 Å². The number of rotatable bonds is 7. The van der Waals surface area contributed by atoms with Crippen LogP contribution in [0.1, 0.15) is 44.4 Å². The van der Waals surface area contributed by atoms with Crippen molar-refractivity contribution < 1.29 is 9.16 Å². The van der Waals surface area contributed by atoms with Crippen molar-refractivity contribution >= 4 is 31.3 Å². The smallest absolute Gasteiger partial charge is 0.227 e. The molecule has 0 saturated heterocycles. The number of nitriles is 1. The summed E-state index contributed by atoms with van der Waals surface area (Å²) in [5.74, 6) is 1.20. The minimum atomic E-state index is -1.94. The molecule has 1 unspecified atom stereocenters. The topological polar surface area (TPSA) is 104 Å². The number of hydrogen-bond acceptors (Lipinski definition) is 8. The fourth-order valence-electron chi connectivity index (χ4n) is 4.90. The van der Waals surface area contributed by atoms with Crippen molar-refractivity contribution in [3.8, 4) is 23.1 Å². The summed E-state index contributed by atoms with van der Waals surface area (Å²) < 4.78 is 12.3. The molecular formula is C30H38N6O2Si. The molecule has 0 saturated carbocycles. The fraction of sp³-hybridized carbons (Fsp3) is 0.433. The number of nitrogens with one attached hydrogen (secondary N) is 3. The highest BCUT2D eigenvalue weighted by molar-refractivity contribution is 6.74. The monoisotopic (exact) mass is 542 g/mol. The number of benzene rings is 2. The van der Waals surface area contributed by atoms with Crippen LogP contribution in [0.3, 0.4) is 0 Å². The average molecular weight is 543 g/mol. The Kier molecular flexibility index (Phi) is 6.81. The lowest BCUT2D eigenvalue weighted by molar-refractivity contribution is 0.220. The third-order valence-corrected chi connectivity index (χ3v) is 12.9. The lowest BCUT2D eigenvalue weighted by atomic mass is 9.83. The number of hydrogen-bond donors (Lipinski definition) is 3. The van der Waals surface area contributed by atoms with E-state index in [2.05, 4.69) is 79.9 Å². The van der Waals surface area contributed by atoms with E-state index in [1.165, 1.54) is 5.56 Å². The molecule has 2 aliphatic rings. The third-order valence-electron chi connectivity index (χ3n) is 8.46. The highest BCUT2D eigenvalue weighted by atomic mass is 28.4. The minimum Gasteiger partial charge on any atom is -0.494 e. The fourth-order valence-corrected chi connectivity index (χ4v) is 6.02. The van der Waals surface area contributed by atoms with Crippen molar-refractivity contribution in [2.24, 2.45) is 0 Å². The molecule has 9 heteroatoms. The van der Waals surface area contributed by atoms with E-state index in [0.29, 0.717) is 18.1 Å². The van der Waals surface area contributed by atoms with Gasteiger partial charge in [-0.05, 0) is 59.9 Å². The van der Waals surface area contributed by atoms with Gasteiger partial charge in [0, 0.05) is 48.6 Å². The molecule has 3 aromatic rings. The molecule has 1 aromatic heterocycles.